The molecule has 0 saturated heterocycles. The number of fused-ring (bicyclic) bond motifs is 1. The molecule has 26 heavy (non-hydrogen) atoms. The van der Waals surface area contributed by atoms with E-state index in [1.807, 2.05) is 0 Å². The number of rotatable bonds is 2. The zero-order valence-electron chi connectivity index (χ0n) is 14.8. The number of hydrogen-bond acceptors (Lipinski definition) is 1. The van der Waals surface area contributed by atoms with E-state index in [1.54, 1.807) is 0 Å². The van der Waals surface area contributed by atoms with Gasteiger partial charge in [-0.05, 0) is 34.7 Å². The molecule has 0 spiro atoms. The fraction of sp³-hybridized carbons (Fsp3) is 0.120. The summed E-state index contributed by atoms with van der Waals surface area (Å²) in [5.41, 5.74) is 6.54. The number of hydrogen-bond donors (Lipinski definition) is 1. The van der Waals surface area contributed by atoms with Gasteiger partial charge >= 0.3 is 0 Å². The molecule has 1 atom stereocenters. The number of anilines is 1. The normalized spacial score (nSPS) is 19.0. The van der Waals surface area contributed by atoms with Crippen molar-refractivity contribution in [3.63, 3.8) is 0 Å². The highest BCUT2D eigenvalue weighted by molar-refractivity contribution is 5.70. The van der Waals surface area contributed by atoms with Crippen LogP contribution in [-0.4, -0.2) is 6.54 Å². The van der Waals surface area contributed by atoms with Crippen LogP contribution in [0.2, 0.25) is 0 Å². The first-order chi connectivity index (χ1) is 12.9. The van der Waals surface area contributed by atoms with Gasteiger partial charge in [-0.2, -0.15) is 0 Å². The highest BCUT2D eigenvalue weighted by Gasteiger charge is 2.19. The van der Waals surface area contributed by atoms with Crippen LogP contribution < -0.4 is 5.32 Å². The van der Waals surface area contributed by atoms with Crippen LogP contribution in [0, 0.1) is 0 Å². The SMILES string of the molecule is C1=C\CNc2ccccc2C(c2ccccc2-c2ccccc2)C\C=C/1. The molecular formula is C25H23N. The molecule has 0 radical (unpaired) electrons. The predicted octanol–water partition coefficient (Wildman–Crippen LogP) is 6.41. The molecule has 1 heteroatoms. The van der Waals surface area contributed by atoms with E-state index in [9.17, 15) is 0 Å². The summed E-state index contributed by atoms with van der Waals surface area (Å²) in [4.78, 5) is 0. The summed E-state index contributed by atoms with van der Waals surface area (Å²) in [6.45, 7) is 0.842. The van der Waals surface area contributed by atoms with Gasteiger partial charge in [-0.1, -0.05) is 97.1 Å². The third-order valence-electron chi connectivity index (χ3n) is 4.92. The number of para-hydroxylation sites is 1. The summed E-state index contributed by atoms with van der Waals surface area (Å²) >= 11 is 0. The lowest BCUT2D eigenvalue weighted by Crippen LogP contribution is -2.08. The molecule has 4 rings (SSSR count). The Hall–Kier alpha value is -3.06. The van der Waals surface area contributed by atoms with Crippen LogP contribution in [0.4, 0.5) is 5.69 Å². The van der Waals surface area contributed by atoms with Gasteiger partial charge in [0.1, 0.15) is 0 Å². The van der Waals surface area contributed by atoms with E-state index >= 15 is 0 Å². The van der Waals surface area contributed by atoms with Gasteiger partial charge < -0.3 is 5.32 Å². The largest absolute Gasteiger partial charge is 0.381 e. The molecule has 128 valence electrons. The molecule has 1 unspecified atom stereocenters. The van der Waals surface area contributed by atoms with E-state index in [4.69, 9.17) is 0 Å². The molecule has 3 aromatic carbocycles. The molecule has 1 aliphatic heterocycles. The fourth-order valence-corrected chi connectivity index (χ4v) is 3.67. The van der Waals surface area contributed by atoms with Crippen LogP contribution in [-0.2, 0) is 0 Å². The third kappa shape index (κ3) is 3.48. The van der Waals surface area contributed by atoms with Crippen LogP contribution in [0.15, 0.2) is 103 Å². The van der Waals surface area contributed by atoms with Crippen molar-refractivity contribution in [3.8, 4) is 11.1 Å². The van der Waals surface area contributed by atoms with Gasteiger partial charge in [0, 0.05) is 18.2 Å². The summed E-state index contributed by atoms with van der Waals surface area (Å²) in [7, 11) is 0. The Morgan fingerprint density at radius 2 is 1.35 bits per heavy atom. The van der Waals surface area contributed by atoms with Gasteiger partial charge in [-0.25, -0.2) is 0 Å². The zero-order valence-corrected chi connectivity index (χ0v) is 14.8. The molecule has 0 aliphatic carbocycles. The molecule has 3 aromatic rings. The molecular weight excluding hydrogens is 314 g/mol. The predicted molar refractivity (Wildman–Crippen MR) is 112 cm³/mol. The van der Waals surface area contributed by atoms with Crippen LogP contribution in [0.25, 0.3) is 11.1 Å². The van der Waals surface area contributed by atoms with Crippen LogP contribution in [0.5, 0.6) is 0 Å². The van der Waals surface area contributed by atoms with Gasteiger partial charge in [0.25, 0.3) is 0 Å². The van der Waals surface area contributed by atoms with Gasteiger partial charge in [0.15, 0.2) is 0 Å². The maximum Gasteiger partial charge on any atom is 0.0381 e. The van der Waals surface area contributed by atoms with Gasteiger partial charge in [0.05, 0.1) is 0 Å². The standard InChI is InChI=1S/C25H23N/c1-2-11-19-26-25-18-10-9-17-24(25)23(15-6-1)22-16-8-7-14-21(22)20-12-4-3-5-13-20/h1-14,16-18,23,26H,15,19H2/b6-1-,11-2-. The first-order valence-electron chi connectivity index (χ1n) is 9.22. The highest BCUT2D eigenvalue weighted by Crippen LogP contribution is 2.38. The second kappa shape index (κ2) is 7.88. The number of allylic oxidation sites excluding steroid dienone is 3. The average molecular weight is 337 g/mol. The van der Waals surface area contributed by atoms with Crippen molar-refractivity contribution in [2.24, 2.45) is 0 Å². The zero-order chi connectivity index (χ0) is 17.6. The van der Waals surface area contributed by atoms with Crippen molar-refractivity contribution in [3.05, 3.63) is 114 Å². The lowest BCUT2D eigenvalue weighted by molar-refractivity contribution is 0.831. The molecule has 0 bridgehead atoms. The van der Waals surface area contributed by atoms with Crippen molar-refractivity contribution >= 4 is 5.69 Å². The molecule has 1 N–H and O–H groups in total. The second-order valence-electron chi connectivity index (χ2n) is 6.57. The quantitative estimate of drug-likeness (QED) is 0.569. The lowest BCUT2D eigenvalue weighted by Gasteiger charge is -2.23. The van der Waals surface area contributed by atoms with Gasteiger partial charge in [0.2, 0.25) is 0 Å². The minimum absolute atomic E-state index is 0.317. The second-order valence-corrected chi connectivity index (χ2v) is 6.57. The van der Waals surface area contributed by atoms with Crippen LogP contribution in [0.3, 0.4) is 0 Å². The first kappa shape index (κ1) is 16.4. The van der Waals surface area contributed by atoms with Gasteiger partial charge in [-0.15, -0.1) is 0 Å². The summed E-state index contributed by atoms with van der Waals surface area (Å²) in [5, 5.41) is 3.57. The Kier molecular flexibility index (Phi) is 4.97. The molecule has 0 aromatic heterocycles. The monoisotopic (exact) mass is 337 g/mol. The molecule has 1 heterocycles. The van der Waals surface area contributed by atoms with E-state index in [1.165, 1.54) is 27.9 Å². The highest BCUT2D eigenvalue weighted by atomic mass is 14.9. The summed E-state index contributed by atoms with van der Waals surface area (Å²) in [6.07, 6.45) is 9.71. The maximum absolute atomic E-state index is 3.57. The van der Waals surface area contributed by atoms with E-state index in [2.05, 4.69) is 108 Å². The number of nitrogens with one attached hydrogen (secondary N) is 1. The molecule has 0 fully saturated rings. The molecule has 0 amide bonds. The Morgan fingerprint density at radius 3 is 2.23 bits per heavy atom. The molecule has 1 nitrogen and oxygen atoms in total. The molecule has 0 saturated carbocycles. The van der Waals surface area contributed by atoms with Crippen molar-refractivity contribution < 1.29 is 0 Å². The van der Waals surface area contributed by atoms with Crippen molar-refractivity contribution in [2.75, 3.05) is 11.9 Å². The van der Waals surface area contributed by atoms with Crippen LogP contribution in [0.1, 0.15) is 23.5 Å². The Morgan fingerprint density at radius 1 is 0.654 bits per heavy atom. The lowest BCUT2D eigenvalue weighted by atomic mass is 9.83. The first-order valence-corrected chi connectivity index (χ1v) is 9.22. The minimum Gasteiger partial charge on any atom is -0.381 e. The summed E-state index contributed by atoms with van der Waals surface area (Å²) in [5.74, 6) is 0.317. The smallest absolute Gasteiger partial charge is 0.0381 e. The van der Waals surface area contributed by atoms with E-state index in [-0.39, 0.29) is 0 Å². The van der Waals surface area contributed by atoms with Crippen molar-refractivity contribution in [2.45, 2.75) is 12.3 Å². The van der Waals surface area contributed by atoms with Crippen molar-refractivity contribution in [1.29, 1.82) is 0 Å². The maximum atomic E-state index is 3.57. The number of benzene rings is 3. The Labute approximate surface area is 155 Å². The average Bonchev–Trinajstić information content (AvgIpc) is 2.72. The summed E-state index contributed by atoms with van der Waals surface area (Å²) in [6, 6.07) is 28.2. The van der Waals surface area contributed by atoms with Crippen LogP contribution >= 0.6 is 0 Å². The van der Waals surface area contributed by atoms with E-state index < -0.39 is 0 Å². The molecule has 1 aliphatic rings. The summed E-state index contributed by atoms with van der Waals surface area (Å²) < 4.78 is 0. The van der Waals surface area contributed by atoms with E-state index in [0.29, 0.717) is 5.92 Å². The third-order valence-corrected chi connectivity index (χ3v) is 4.92. The Bertz CT molecular complexity index is 922. The van der Waals surface area contributed by atoms with Gasteiger partial charge in [-0.3, -0.25) is 0 Å². The van der Waals surface area contributed by atoms with Crippen molar-refractivity contribution in [1.82, 2.24) is 0 Å². The topological polar surface area (TPSA) is 12.0 Å². The van der Waals surface area contributed by atoms with E-state index in [0.717, 1.165) is 13.0 Å². The minimum atomic E-state index is 0.317. The Balaban J connectivity index is 1.86. The fourth-order valence-electron chi connectivity index (χ4n) is 3.67.